The van der Waals surface area contributed by atoms with Gasteiger partial charge in [0.05, 0.1) is 12.2 Å². The molecule has 2 rings (SSSR count). The molecule has 0 saturated carbocycles. The van der Waals surface area contributed by atoms with E-state index in [0.29, 0.717) is 0 Å². The van der Waals surface area contributed by atoms with Crippen molar-refractivity contribution >= 4 is 17.3 Å². The molecule has 1 saturated heterocycles. The molecule has 3 unspecified atom stereocenters. The molecule has 106 valence electrons. The van der Waals surface area contributed by atoms with Crippen LogP contribution in [-0.4, -0.2) is 31.3 Å². The molecule has 2 N–H and O–H groups in total. The third-order valence-electron chi connectivity index (χ3n) is 3.36. The quantitative estimate of drug-likeness (QED) is 0.926. The Morgan fingerprint density at radius 2 is 2.00 bits per heavy atom. The monoisotopic (exact) mass is 282 g/mol. The molecule has 0 bridgehead atoms. The number of halogens is 1. The van der Waals surface area contributed by atoms with Crippen molar-refractivity contribution in [3.05, 3.63) is 28.8 Å². The Morgan fingerprint density at radius 1 is 1.37 bits per heavy atom. The minimum Gasteiger partial charge on any atom is -0.372 e. The molecule has 1 aliphatic heterocycles. The molecule has 4 heteroatoms. The van der Waals surface area contributed by atoms with Crippen LogP contribution >= 0.6 is 11.6 Å². The first-order chi connectivity index (χ1) is 8.95. The van der Waals surface area contributed by atoms with E-state index in [2.05, 4.69) is 30.9 Å². The van der Waals surface area contributed by atoms with Crippen LogP contribution in [0.1, 0.15) is 26.3 Å². The van der Waals surface area contributed by atoms with Gasteiger partial charge in [-0.2, -0.15) is 0 Å². The van der Waals surface area contributed by atoms with Gasteiger partial charge in [-0.05, 0) is 44.9 Å². The molecule has 1 heterocycles. The average Bonchev–Trinajstić information content (AvgIpc) is 2.30. The highest BCUT2D eigenvalue weighted by Gasteiger charge is 2.22. The molecule has 3 atom stereocenters. The number of ether oxygens (including phenoxy) is 1. The Bertz CT molecular complexity index is 426. The van der Waals surface area contributed by atoms with E-state index < -0.39 is 0 Å². The van der Waals surface area contributed by atoms with Gasteiger partial charge in [0.25, 0.3) is 0 Å². The smallest absolute Gasteiger partial charge is 0.0726 e. The molecule has 0 aromatic heterocycles. The van der Waals surface area contributed by atoms with Crippen LogP contribution in [0.3, 0.4) is 0 Å². The Labute approximate surface area is 120 Å². The topological polar surface area (TPSA) is 38.5 Å². The SMILES string of the molecule is CC(N)Cc1ccc(N2CC(C)OC(C)C2)cc1Cl. The zero-order valence-electron chi connectivity index (χ0n) is 11.9. The summed E-state index contributed by atoms with van der Waals surface area (Å²) >= 11 is 6.35. The van der Waals surface area contributed by atoms with E-state index in [-0.39, 0.29) is 18.2 Å². The first kappa shape index (κ1) is 14.6. The molecule has 1 fully saturated rings. The van der Waals surface area contributed by atoms with Gasteiger partial charge in [0.1, 0.15) is 0 Å². The van der Waals surface area contributed by atoms with E-state index in [0.717, 1.165) is 30.1 Å². The van der Waals surface area contributed by atoms with E-state index in [1.165, 1.54) is 5.69 Å². The van der Waals surface area contributed by atoms with E-state index >= 15 is 0 Å². The Hall–Kier alpha value is -0.770. The van der Waals surface area contributed by atoms with Crippen molar-refractivity contribution in [1.29, 1.82) is 0 Å². The molecule has 0 spiro atoms. The molecule has 0 amide bonds. The van der Waals surface area contributed by atoms with Crippen molar-refractivity contribution in [2.24, 2.45) is 5.73 Å². The van der Waals surface area contributed by atoms with Gasteiger partial charge in [0, 0.05) is 29.8 Å². The summed E-state index contributed by atoms with van der Waals surface area (Å²) in [5.74, 6) is 0. The summed E-state index contributed by atoms with van der Waals surface area (Å²) in [7, 11) is 0. The zero-order valence-corrected chi connectivity index (χ0v) is 12.7. The maximum absolute atomic E-state index is 6.35. The highest BCUT2D eigenvalue weighted by atomic mass is 35.5. The van der Waals surface area contributed by atoms with Gasteiger partial charge in [-0.15, -0.1) is 0 Å². The van der Waals surface area contributed by atoms with Gasteiger partial charge in [-0.1, -0.05) is 17.7 Å². The standard InChI is InChI=1S/C15H23ClN2O/c1-10(17)6-13-4-5-14(7-15(13)16)18-8-11(2)19-12(3)9-18/h4-5,7,10-12H,6,8-9,17H2,1-3H3. The molecule has 0 radical (unpaired) electrons. The maximum Gasteiger partial charge on any atom is 0.0726 e. The second-order valence-electron chi connectivity index (χ2n) is 5.62. The van der Waals surface area contributed by atoms with Crippen molar-refractivity contribution in [2.75, 3.05) is 18.0 Å². The molecule has 3 nitrogen and oxygen atoms in total. The van der Waals surface area contributed by atoms with Crippen LogP contribution in [-0.2, 0) is 11.2 Å². The third kappa shape index (κ3) is 3.85. The molecule has 1 aliphatic rings. The normalized spacial score (nSPS) is 25.4. The molecular weight excluding hydrogens is 260 g/mol. The van der Waals surface area contributed by atoms with Crippen molar-refractivity contribution in [3.8, 4) is 0 Å². The van der Waals surface area contributed by atoms with Gasteiger partial charge < -0.3 is 15.4 Å². The number of morpholine rings is 1. The summed E-state index contributed by atoms with van der Waals surface area (Å²) < 4.78 is 5.75. The molecular formula is C15H23ClN2O. The van der Waals surface area contributed by atoms with Crippen LogP contribution in [0.25, 0.3) is 0 Å². The first-order valence-electron chi connectivity index (χ1n) is 6.90. The second-order valence-corrected chi connectivity index (χ2v) is 6.03. The minimum absolute atomic E-state index is 0.131. The lowest BCUT2D eigenvalue weighted by Gasteiger charge is -2.37. The summed E-state index contributed by atoms with van der Waals surface area (Å²) in [6.45, 7) is 8.03. The lowest BCUT2D eigenvalue weighted by Crippen LogP contribution is -2.45. The first-order valence-corrected chi connectivity index (χ1v) is 7.28. The van der Waals surface area contributed by atoms with Gasteiger partial charge >= 0.3 is 0 Å². The Balaban J connectivity index is 2.15. The summed E-state index contributed by atoms with van der Waals surface area (Å²) in [4.78, 5) is 2.33. The molecule has 0 aliphatic carbocycles. The van der Waals surface area contributed by atoms with Crippen molar-refractivity contribution in [2.45, 2.75) is 45.4 Å². The summed E-state index contributed by atoms with van der Waals surface area (Å²) in [5.41, 5.74) is 8.11. The van der Waals surface area contributed by atoms with Crippen molar-refractivity contribution < 1.29 is 4.74 Å². The van der Waals surface area contributed by atoms with Gasteiger partial charge in [-0.25, -0.2) is 0 Å². The fourth-order valence-electron chi connectivity index (χ4n) is 2.63. The van der Waals surface area contributed by atoms with Crippen molar-refractivity contribution in [1.82, 2.24) is 0 Å². The number of anilines is 1. The second kappa shape index (κ2) is 6.12. The lowest BCUT2D eigenvalue weighted by atomic mass is 10.1. The molecule has 1 aromatic carbocycles. The number of rotatable bonds is 3. The van der Waals surface area contributed by atoms with Crippen LogP contribution in [0.4, 0.5) is 5.69 Å². The Kier molecular flexibility index (Phi) is 4.71. The molecule has 19 heavy (non-hydrogen) atoms. The van der Waals surface area contributed by atoms with Crippen LogP contribution in [0, 0.1) is 0 Å². The predicted molar refractivity (Wildman–Crippen MR) is 81.0 cm³/mol. The van der Waals surface area contributed by atoms with E-state index in [4.69, 9.17) is 22.1 Å². The summed E-state index contributed by atoms with van der Waals surface area (Å²) in [5, 5.41) is 0.807. The number of nitrogens with zero attached hydrogens (tertiary/aromatic N) is 1. The Morgan fingerprint density at radius 3 is 2.53 bits per heavy atom. The van der Waals surface area contributed by atoms with E-state index in [9.17, 15) is 0 Å². The van der Waals surface area contributed by atoms with E-state index in [1.54, 1.807) is 0 Å². The van der Waals surface area contributed by atoms with Crippen LogP contribution in [0.15, 0.2) is 18.2 Å². The average molecular weight is 283 g/mol. The fraction of sp³-hybridized carbons (Fsp3) is 0.600. The summed E-state index contributed by atoms with van der Waals surface area (Å²) in [6, 6.07) is 6.40. The predicted octanol–water partition coefficient (Wildman–Crippen LogP) is 2.84. The third-order valence-corrected chi connectivity index (χ3v) is 3.72. The number of nitrogens with two attached hydrogens (primary N) is 1. The lowest BCUT2D eigenvalue weighted by molar-refractivity contribution is -0.00521. The van der Waals surface area contributed by atoms with E-state index in [1.807, 2.05) is 13.0 Å². The van der Waals surface area contributed by atoms with Gasteiger partial charge in [0.2, 0.25) is 0 Å². The summed E-state index contributed by atoms with van der Waals surface area (Å²) in [6.07, 6.45) is 1.33. The van der Waals surface area contributed by atoms with Crippen LogP contribution in [0.5, 0.6) is 0 Å². The highest BCUT2D eigenvalue weighted by molar-refractivity contribution is 6.31. The van der Waals surface area contributed by atoms with Crippen LogP contribution in [0.2, 0.25) is 5.02 Å². The number of hydrogen-bond donors (Lipinski definition) is 1. The number of benzene rings is 1. The highest BCUT2D eigenvalue weighted by Crippen LogP contribution is 2.26. The van der Waals surface area contributed by atoms with Crippen LogP contribution < -0.4 is 10.6 Å². The fourth-order valence-corrected chi connectivity index (χ4v) is 2.89. The zero-order chi connectivity index (χ0) is 14.0. The maximum atomic E-state index is 6.35. The van der Waals surface area contributed by atoms with Crippen molar-refractivity contribution in [3.63, 3.8) is 0 Å². The largest absolute Gasteiger partial charge is 0.372 e. The van der Waals surface area contributed by atoms with Gasteiger partial charge in [-0.3, -0.25) is 0 Å². The van der Waals surface area contributed by atoms with Gasteiger partial charge in [0.15, 0.2) is 0 Å². The molecule has 1 aromatic rings. The number of hydrogen-bond acceptors (Lipinski definition) is 3. The minimum atomic E-state index is 0.131.